The first-order valence-electron chi connectivity index (χ1n) is 8.16. The predicted octanol–water partition coefficient (Wildman–Crippen LogP) is 4.90. The van der Waals surface area contributed by atoms with Crippen LogP contribution in [0, 0.1) is 0 Å². The molecule has 124 valence electrons. The molecule has 0 unspecified atom stereocenters. The Bertz CT molecular complexity index is 801. The molecule has 0 aliphatic carbocycles. The summed E-state index contributed by atoms with van der Waals surface area (Å²) in [6.45, 7) is 2.19. The largest absolute Gasteiger partial charge is 0.497 e. The van der Waals surface area contributed by atoms with E-state index in [2.05, 4.69) is 66.8 Å². The number of rotatable bonds is 6. The summed E-state index contributed by atoms with van der Waals surface area (Å²) >= 11 is 0. The Morgan fingerprint density at radius 1 is 0.875 bits per heavy atom. The van der Waals surface area contributed by atoms with Crippen molar-refractivity contribution in [1.82, 2.24) is 0 Å². The van der Waals surface area contributed by atoms with E-state index in [0.29, 0.717) is 0 Å². The molecule has 0 heterocycles. The second-order valence-electron chi connectivity index (χ2n) is 6.00. The van der Waals surface area contributed by atoms with E-state index in [4.69, 9.17) is 9.47 Å². The van der Waals surface area contributed by atoms with E-state index >= 15 is 0 Å². The van der Waals surface area contributed by atoms with Gasteiger partial charge in [0.2, 0.25) is 0 Å². The quantitative estimate of drug-likeness (QED) is 0.700. The van der Waals surface area contributed by atoms with Crippen LogP contribution in [0.25, 0.3) is 10.8 Å². The lowest BCUT2D eigenvalue weighted by atomic mass is 10.0. The number of ether oxygens (including phenoxy) is 2. The van der Waals surface area contributed by atoms with Gasteiger partial charge in [-0.15, -0.1) is 0 Å². The summed E-state index contributed by atoms with van der Waals surface area (Å²) in [6.07, 6.45) is 0.886. The van der Waals surface area contributed by atoms with Crippen molar-refractivity contribution in [2.24, 2.45) is 0 Å². The first-order chi connectivity index (χ1) is 11.7. The second-order valence-corrected chi connectivity index (χ2v) is 6.00. The molecule has 3 aromatic carbocycles. The van der Waals surface area contributed by atoms with E-state index in [9.17, 15) is 0 Å². The molecule has 1 atom stereocenters. The smallest absolute Gasteiger partial charge is 0.122 e. The molecule has 1 N–H and O–H groups in total. The maximum Gasteiger partial charge on any atom is 0.122 e. The highest BCUT2D eigenvalue weighted by molar-refractivity contribution is 5.93. The van der Waals surface area contributed by atoms with Gasteiger partial charge in [0.15, 0.2) is 0 Å². The molecular weight excluding hydrogens is 298 g/mol. The lowest BCUT2D eigenvalue weighted by Gasteiger charge is -2.18. The summed E-state index contributed by atoms with van der Waals surface area (Å²) in [6, 6.07) is 21.1. The van der Waals surface area contributed by atoms with Crippen LogP contribution >= 0.6 is 0 Å². The monoisotopic (exact) mass is 321 g/mol. The highest BCUT2D eigenvalue weighted by atomic mass is 16.5. The zero-order valence-electron chi connectivity index (χ0n) is 14.4. The average Bonchev–Trinajstić information content (AvgIpc) is 2.61. The summed E-state index contributed by atoms with van der Waals surface area (Å²) in [5, 5.41) is 6.12. The Hall–Kier alpha value is -2.68. The van der Waals surface area contributed by atoms with Crippen LogP contribution in [-0.2, 0) is 6.42 Å². The summed E-state index contributed by atoms with van der Waals surface area (Å²) in [5.74, 6) is 1.64. The van der Waals surface area contributed by atoms with Crippen LogP contribution in [0.3, 0.4) is 0 Å². The topological polar surface area (TPSA) is 30.5 Å². The van der Waals surface area contributed by atoms with E-state index < -0.39 is 0 Å². The maximum absolute atomic E-state index is 5.35. The van der Waals surface area contributed by atoms with E-state index in [1.807, 2.05) is 6.07 Å². The summed E-state index contributed by atoms with van der Waals surface area (Å²) < 4.78 is 10.7. The van der Waals surface area contributed by atoms with Crippen LogP contribution in [0.15, 0.2) is 60.7 Å². The van der Waals surface area contributed by atoms with Crippen molar-refractivity contribution in [2.75, 3.05) is 19.5 Å². The molecule has 0 saturated heterocycles. The number of fused-ring (bicyclic) bond motifs is 1. The number of nitrogens with one attached hydrogen (secondary N) is 1. The Labute approximate surface area is 143 Å². The molecule has 0 aromatic heterocycles. The third-order valence-corrected chi connectivity index (χ3v) is 4.14. The van der Waals surface area contributed by atoms with Crippen LogP contribution in [0.2, 0.25) is 0 Å². The lowest BCUT2D eigenvalue weighted by Crippen LogP contribution is -2.18. The van der Waals surface area contributed by atoms with E-state index in [1.54, 1.807) is 14.2 Å². The third kappa shape index (κ3) is 3.62. The molecule has 0 aliphatic rings. The molecular formula is C21H23NO2. The molecule has 24 heavy (non-hydrogen) atoms. The molecule has 3 aromatic rings. The first-order valence-corrected chi connectivity index (χ1v) is 8.16. The van der Waals surface area contributed by atoms with E-state index in [1.165, 1.54) is 16.3 Å². The molecule has 0 amide bonds. The fraction of sp³-hybridized carbons (Fsp3) is 0.238. The molecule has 0 fully saturated rings. The van der Waals surface area contributed by atoms with Crippen LogP contribution in [0.4, 0.5) is 5.69 Å². The standard InChI is InChI=1S/C21H23NO2/c1-15(11-16-12-18(23-2)14-19(13-16)24-3)22-21-10-6-8-17-7-4-5-9-20(17)21/h4-10,12-15,22H,11H2,1-3H3/t15-/m0/s1. The van der Waals surface area contributed by atoms with Crippen molar-refractivity contribution in [3.05, 3.63) is 66.2 Å². The van der Waals surface area contributed by atoms with Gasteiger partial charge in [-0.3, -0.25) is 0 Å². The number of methoxy groups -OCH3 is 2. The van der Waals surface area contributed by atoms with E-state index in [-0.39, 0.29) is 6.04 Å². The van der Waals surface area contributed by atoms with Gasteiger partial charge >= 0.3 is 0 Å². The van der Waals surface area contributed by atoms with Gasteiger partial charge in [0.25, 0.3) is 0 Å². The average molecular weight is 321 g/mol. The maximum atomic E-state index is 5.35. The van der Waals surface area contributed by atoms with Gasteiger partial charge in [-0.25, -0.2) is 0 Å². The Kier molecular flexibility index (Phi) is 4.90. The Morgan fingerprint density at radius 2 is 1.54 bits per heavy atom. The van der Waals surface area contributed by atoms with Crippen LogP contribution < -0.4 is 14.8 Å². The van der Waals surface area contributed by atoms with Crippen LogP contribution in [0.5, 0.6) is 11.5 Å². The number of hydrogen-bond donors (Lipinski definition) is 1. The van der Waals surface area contributed by atoms with Crippen molar-refractivity contribution < 1.29 is 9.47 Å². The van der Waals surface area contributed by atoms with Crippen molar-refractivity contribution in [2.45, 2.75) is 19.4 Å². The van der Waals surface area contributed by atoms with Gasteiger partial charge in [0, 0.05) is 23.2 Å². The van der Waals surface area contributed by atoms with E-state index in [0.717, 1.165) is 23.6 Å². The van der Waals surface area contributed by atoms with Gasteiger partial charge in [-0.05, 0) is 42.5 Å². The van der Waals surface area contributed by atoms with Crippen LogP contribution in [0.1, 0.15) is 12.5 Å². The van der Waals surface area contributed by atoms with Gasteiger partial charge in [0.05, 0.1) is 14.2 Å². The zero-order valence-corrected chi connectivity index (χ0v) is 14.4. The third-order valence-electron chi connectivity index (χ3n) is 4.14. The molecule has 0 radical (unpaired) electrons. The summed E-state index contributed by atoms with van der Waals surface area (Å²) in [4.78, 5) is 0. The number of hydrogen-bond acceptors (Lipinski definition) is 3. The number of benzene rings is 3. The highest BCUT2D eigenvalue weighted by Gasteiger charge is 2.09. The van der Waals surface area contributed by atoms with Crippen molar-refractivity contribution >= 4 is 16.5 Å². The molecule has 3 heteroatoms. The molecule has 0 saturated carbocycles. The minimum atomic E-state index is 0.285. The Balaban J connectivity index is 1.79. The van der Waals surface area contributed by atoms with Crippen molar-refractivity contribution in [3.63, 3.8) is 0 Å². The predicted molar refractivity (Wildman–Crippen MR) is 100 cm³/mol. The molecule has 0 spiro atoms. The second kappa shape index (κ2) is 7.26. The molecule has 3 nitrogen and oxygen atoms in total. The van der Waals surface area contributed by atoms with Crippen molar-refractivity contribution in [1.29, 1.82) is 0 Å². The fourth-order valence-electron chi connectivity index (χ4n) is 3.01. The number of anilines is 1. The van der Waals surface area contributed by atoms with Crippen LogP contribution in [-0.4, -0.2) is 20.3 Å². The highest BCUT2D eigenvalue weighted by Crippen LogP contribution is 2.26. The Morgan fingerprint density at radius 3 is 2.25 bits per heavy atom. The normalized spacial score (nSPS) is 12.0. The SMILES string of the molecule is COc1cc(C[C@H](C)Nc2cccc3ccccc23)cc(OC)c1. The fourth-order valence-corrected chi connectivity index (χ4v) is 3.01. The van der Waals surface area contributed by atoms with Gasteiger partial charge in [-0.1, -0.05) is 36.4 Å². The zero-order chi connectivity index (χ0) is 16.9. The first kappa shape index (κ1) is 16.2. The van der Waals surface area contributed by atoms with Gasteiger partial charge < -0.3 is 14.8 Å². The van der Waals surface area contributed by atoms with Gasteiger partial charge in [0.1, 0.15) is 11.5 Å². The van der Waals surface area contributed by atoms with Crippen molar-refractivity contribution in [3.8, 4) is 11.5 Å². The molecule has 0 aliphatic heterocycles. The minimum absolute atomic E-state index is 0.285. The molecule has 0 bridgehead atoms. The summed E-state index contributed by atoms with van der Waals surface area (Å²) in [7, 11) is 3.35. The lowest BCUT2D eigenvalue weighted by molar-refractivity contribution is 0.393. The van der Waals surface area contributed by atoms with Gasteiger partial charge in [-0.2, -0.15) is 0 Å². The molecule has 3 rings (SSSR count). The minimum Gasteiger partial charge on any atom is -0.497 e. The summed E-state index contributed by atoms with van der Waals surface area (Å²) in [5.41, 5.74) is 2.35.